The summed E-state index contributed by atoms with van der Waals surface area (Å²) in [6.45, 7) is 4.58. The van der Waals surface area contributed by atoms with Gasteiger partial charge in [0.15, 0.2) is 0 Å². The van der Waals surface area contributed by atoms with Gasteiger partial charge in [-0.15, -0.1) is 0 Å². The van der Waals surface area contributed by atoms with E-state index in [0.717, 1.165) is 28.3 Å². The zero-order valence-electron chi connectivity index (χ0n) is 18.7. The van der Waals surface area contributed by atoms with Crippen molar-refractivity contribution in [2.45, 2.75) is 26.8 Å². The number of halogens is 1. The van der Waals surface area contributed by atoms with Gasteiger partial charge < -0.3 is 9.88 Å². The van der Waals surface area contributed by atoms with Crippen molar-refractivity contribution in [3.8, 4) is 0 Å². The predicted octanol–water partition coefficient (Wildman–Crippen LogP) is 3.80. The minimum Gasteiger partial charge on any atom is -0.361 e. The molecule has 2 aromatic carbocycles. The number of rotatable bonds is 10. The van der Waals surface area contributed by atoms with Crippen LogP contribution in [0.2, 0.25) is 0 Å². The molecule has 32 heavy (non-hydrogen) atoms. The van der Waals surface area contributed by atoms with Gasteiger partial charge >= 0.3 is 0 Å². The molecule has 6 nitrogen and oxygen atoms in total. The molecule has 0 spiro atoms. The molecule has 0 unspecified atom stereocenters. The number of aromatic nitrogens is 1. The third-order valence-corrected chi connectivity index (χ3v) is 6.53. The highest BCUT2D eigenvalue weighted by atomic mass is 32.2. The Hall–Kier alpha value is -2.71. The van der Waals surface area contributed by atoms with E-state index in [1.54, 1.807) is 17.0 Å². The molecule has 0 aliphatic heterocycles. The van der Waals surface area contributed by atoms with E-state index in [1.807, 2.05) is 44.3 Å². The van der Waals surface area contributed by atoms with Gasteiger partial charge in [0.1, 0.15) is 5.82 Å². The van der Waals surface area contributed by atoms with Crippen molar-refractivity contribution in [1.82, 2.24) is 14.2 Å². The van der Waals surface area contributed by atoms with Gasteiger partial charge in [-0.05, 0) is 41.7 Å². The molecular weight excluding hydrogens is 429 g/mol. The van der Waals surface area contributed by atoms with Crippen molar-refractivity contribution in [2.24, 2.45) is 5.92 Å². The number of nitrogens with zero attached hydrogens (tertiary/aromatic N) is 2. The van der Waals surface area contributed by atoms with E-state index in [0.29, 0.717) is 13.0 Å². The second-order valence-corrected chi connectivity index (χ2v) is 10.5. The van der Waals surface area contributed by atoms with Crippen LogP contribution in [0.15, 0.2) is 54.7 Å². The maximum absolute atomic E-state index is 13.3. The first-order chi connectivity index (χ1) is 15.1. The number of hydrogen-bond donors (Lipinski definition) is 1. The quantitative estimate of drug-likeness (QED) is 0.501. The Morgan fingerprint density at radius 3 is 2.44 bits per heavy atom. The van der Waals surface area contributed by atoms with Crippen molar-refractivity contribution in [3.63, 3.8) is 0 Å². The maximum atomic E-state index is 13.3. The first-order valence-corrected chi connectivity index (χ1v) is 12.5. The number of aromatic amines is 1. The third kappa shape index (κ3) is 6.40. The van der Waals surface area contributed by atoms with Gasteiger partial charge in [0.2, 0.25) is 15.9 Å². The van der Waals surface area contributed by atoms with Gasteiger partial charge in [-0.2, -0.15) is 4.31 Å². The van der Waals surface area contributed by atoms with Crippen LogP contribution in [0, 0.1) is 11.7 Å². The predicted molar refractivity (Wildman–Crippen MR) is 125 cm³/mol. The lowest BCUT2D eigenvalue weighted by molar-refractivity contribution is -0.132. The standard InChI is InChI=1S/C24H30FN3O3S/c1-18(2)15-28(32(3,30)31)17-24(29)27(16-19-8-10-21(25)11-9-19)13-12-20-14-26-23-7-5-4-6-22(20)23/h4-11,14,18,26H,12-13,15-17H2,1-3H3. The Bertz CT molecular complexity index is 1160. The van der Waals surface area contributed by atoms with E-state index in [4.69, 9.17) is 0 Å². The van der Waals surface area contributed by atoms with E-state index in [9.17, 15) is 17.6 Å². The normalized spacial score (nSPS) is 12.1. The number of sulfonamides is 1. The van der Waals surface area contributed by atoms with Crippen LogP contribution in [0.25, 0.3) is 10.9 Å². The fraction of sp³-hybridized carbons (Fsp3) is 0.375. The summed E-state index contributed by atoms with van der Waals surface area (Å²) in [6.07, 6.45) is 3.67. The van der Waals surface area contributed by atoms with Gasteiger partial charge in [0.25, 0.3) is 0 Å². The van der Waals surface area contributed by atoms with Crippen LogP contribution >= 0.6 is 0 Å². The number of para-hydroxylation sites is 1. The number of hydrogen-bond acceptors (Lipinski definition) is 3. The number of fused-ring (bicyclic) bond motifs is 1. The fourth-order valence-corrected chi connectivity index (χ4v) is 4.59. The van der Waals surface area contributed by atoms with Crippen molar-refractivity contribution in [3.05, 3.63) is 71.7 Å². The van der Waals surface area contributed by atoms with E-state index in [2.05, 4.69) is 4.98 Å². The average molecular weight is 460 g/mol. The van der Waals surface area contributed by atoms with Gasteiger partial charge in [-0.1, -0.05) is 44.2 Å². The number of carbonyl (C=O) groups is 1. The molecular formula is C24H30FN3O3S. The molecule has 1 N–H and O–H groups in total. The second kappa shape index (κ2) is 10.3. The van der Waals surface area contributed by atoms with Crippen LogP contribution in [0.3, 0.4) is 0 Å². The van der Waals surface area contributed by atoms with Gasteiger partial charge in [-0.25, -0.2) is 12.8 Å². The topological polar surface area (TPSA) is 73.5 Å². The molecule has 8 heteroatoms. The molecule has 0 radical (unpaired) electrons. The molecule has 0 atom stereocenters. The Labute approximate surface area is 189 Å². The maximum Gasteiger partial charge on any atom is 0.238 e. The molecule has 1 amide bonds. The Morgan fingerprint density at radius 2 is 1.78 bits per heavy atom. The van der Waals surface area contributed by atoms with Crippen LogP contribution in [-0.4, -0.2) is 54.4 Å². The molecule has 172 valence electrons. The van der Waals surface area contributed by atoms with E-state index >= 15 is 0 Å². The summed E-state index contributed by atoms with van der Waals surface area (Å²) in [5.74, 6) is -0.528. The van der Waals surface area contributed by atoms with Gasteiger partial charge in [-0.3, -0.25) is 4.79 Å². The first-order valence-electron chi connectivity index (χ1n) is 10.7. The Kier molecular flexibility index (Phi) is 7.69. The van der Waals surface area contributed by atoms with Gasteiger partial charge in [0, 0.05) is 36.7 Å². The molecule has 0 fully saturated rings. The van der Waals surface area contributed by atoms with Crippen molar-refractivity contribution in [2.75, 3.05) is 25.9 Å². The van der Waals surface area contributed by atoms with Crippen LogP contribution in [-0.2, 0) is 27.8 Å². The highest BCUT2D eigenvalue weighted by molar-refractivity contribution is 7.88. The van der Waals surface area contributed by atoms with E-state index in [-0.39, 0.29) is 37.3 Å². The van der Waals surface area contributed by atoms with Crippen LogP contribution in [0.1, 0.15) is 25.0 Å². The first kappa shape index (κ1) is 23.9. The SMILES string of the molecule is CC(C)CN(CC(=O)N(CCc1c[nH]c2ccccc12)Cc1ccc(F)cc1)S(C)(=O)=O. The van der Waals surface area contributed by atoms with Crippen molar-refractivity contribution < 1.29 is 17.6 Å². The van der Waals surface area contributed by atoms with Crippen molar-refractivity contribution >= 4 is 26.8 Å². The molecule has 3 aromatic rings. The molecule has 1 aromatic heterocycles. The van der Waals surface area contributed by atoms with Crippen molar-refractivity contribution in [1.29, 1.82) is 0 Å². The van der Waals surface area contributed by atoms with E-state index < -0.39 is 10.0 Å². The highest BCUT2D eigenvalue weighted by Gasteiger charge is 2.24. The van der Waals surface area contributed by atoms with Crippen LogP contribution < -0.4 is 0 Å². The lowest BCUT2D eigenvalue weighted by atomic mass is 10.1. The second-order valence-electron chi connectivity index (χ2n) is 8.50. The molecule has 0 saturated carbocycles. The summed E-state index contributed by atoms with van der Waals surface area (Å²) < 4.78 is 39.0. The number of amides is 1. The zero-order valence-corrected chi connectivity index (χ0v) is 19.5. The smallest absolute Gasteiger partial charge is 0.238 e. The minimum absolute atomic E-state index is 0.0919. The van der Waals surface area contributed by atoms with Crippen LogP contribution in [0.4, 0.5) is 4.39 Å². The number of H-pyrrole nitrogens is 1. The molecule has 0 aliphatic rings. The fourth-order valence-electron chi connectivity index (χ4n) is 3.67. The van der Waals surface area contributed by atoms with Gasteiger partial charge in [0.05, 0.1) is 12.8 Å². The molecule has 1 heterocycles. The Balaban J connectivity index is 1.80. The summed E-state index contributed by atoms with van der Waals surface area (Å²) >= 11 is 0. The molecule has 0 aliphatic carbocycles. The number of nitrogens with one attached hydrogen (secondary N) is 1. The molecule has 3 rings (SSSR count). The zero-order chi connectivity index (χ0) is 23.3. The third-order valence-electron chi connectivity index (χ3n) is 5.31. The summed E-state index contributed by atoms with van der Waals surface area (Å²) in [6, 6.07) is 14.0. The summed E-state index contributed by atoms with van der Waals surface area (Å²) in [5, 5.41) is 1.10. The Morgan fingerprint density at radius 1 is 1.09 bits per heavy atom. The molecule has 0 bridgehead atoms. The lowest BCUT2D eigenvalue weighted by Crippen LogP contribution is -2.44. The highest BCUT2D eigenvalue weighted by Crippen LogP contribution is 2.19. The lowest BCUT2D eigenvalue weighted by Gasteiger charge is -2.27. The average Bonchev–Trinajstić information content (AvgIpc) is 3.14. The minimum atomic E-state index is -3.52. The largest absolute Gasteiger partial charge is 0.361 e. The summed E-state index contributed by atoms with van der Waals surface area (Å²) in [7, 11) is -3.52. The monoisotopic (exact) mass is 459 g/mol. The van der Waals surface area contributed by atoms with Crippen LogP contribution in [0.5, 0.6) is 0 Å². The van der Waals surface area contributed by atoms with E-state index in [1.165, 1.54) is 16.4 Å². The number of carbonyl (C=O) groups excluding carboxylic acids is 1. The molecule has 0 saturated heterocycles. The number of benzene rings is 2. The summed E-state index contributed by atoms with van der Waals surface area (Å²) in [5.41, 5.74) is 2.90. The summed E-state index contributed by atoms with van der Waals surface area (Å²) in [4.78, 5) is 18.1.